The topological polar surface area (TPSA) is 127 Å². The molecule has 0 radical (unpaired) electrons. The van der Waals surface area contributed by atoms with Crippen molar-refractivity contribution in [2.24, 2.45) is 0 Å². The Balaban J connectivity index is 1.91. The van der Waals surface area contributed by atoms with Crippen molar-refractivity contribution in [2.75, 3.05) is 19.5 Å². The number of carbonyl (C=O) groups is 3. The number of ether oxygens (including phenoxy) is 2. The molecule has 3 rings (SSSR count). The Morgan fingerprint density at radius 1 is 0.933 bits per heavy atom. The molecule has 3 aromatic rings. The Labute approximate surface area is 170 Å². The van der Waals surface area contributed by atoms with Crippen LogP contribution in [0.2, 0.25) is 0 Å². The number of nitrogens with zero attached hydrogens (tertiary/aromatic N) is 1. The lowest BCUT2D eigenvalue weighted by molar-refractivity contribution is 0.0599. The molecule has 0 aliphatic carbocycles. The molecule has 0 unspecified atom stereocenters. The van der Waals surface area contributed by atoms with Crippen LogP contribution in [0.1, 0.15) is 31.1 Å². The van der Waals surface area contributed by atoms with E-state index in [0.717, 1.165) is 6.20 Å². The van der Waals surface area contributed by atoms with Crippen LogP contribution in [-0.4, -0.2) is 42.0 Å². The van der Waals surface area contributed by atoms with Crippen molar-refractivity contribution in [1.82, 2.24) is 9.97 Å². The van der Waals surface area contributed by atoms with Crippen LogP contribution in [0.3, 0.4) is 0 Å². The van der Waals surface area contributed by atoms with Gasteiger partial charge in [-0.3, -0.25) is 9.59 Å². The number of nitrogens with one attached hydrogen (secondary N) is 2. The summed E-state index contributed by atoms with van der Waals surface area (Å²) >= 11 is 0. The highest BCUT2D eigenvalue weighted by Gasteiger charge is 2.17. The zero-order chi connectivity index (χ0) is 21.7. The molecule has 152 valence electrons. The molecule has 9 heteroatoms. The van der Waals surface area contributed by atoms with Crippen molar-refractivity contribution >= 4 is 23.5 Å². The van der Waals surface area contributed by atoms with E-state index >= 15 is 0 Å². The first-order valence-corrected chi connectivity index (χ1v) is 8.70. The number of hydrogen-bond acceptors (Lipinski definition) is 7. The number of methoxy groups -OCH3 is 2. The van der Waals surface area contributed by atoms with E-state index in [-0.39, 0.29) is 22.4 Å². The lowest BCUT2D eigenvalue weighted by Crippen LogP contribution is -2.24. The third-order valence-corrected chi connectivity index (χ3v) is 4.12. The fourth-order valence-electron chi connectivity index (χ4n) is 2.67. The molecule has 0 atom stereocenters. The summed E-state index contributed by atoms with van der Waals surface area (Å²) in [5, 5.41) is 2.48. The standard InChI is InChI=1S/C21H17N3O6/c1-29-20(27)13-8-14(21(28)30-2)10-15(9-13)23-18(25)16-11-22-17(24-19(16)26)12-6-4-3-5-7-12/h3-11H,1-2H3,(H,23,25)(H,22,24,26). The molecular formula is C21H17N3O6. The molecule has 1 aromatic heterocycles. The first kappa shape index (κ1) is 20.5. The van der Waals surface area contributed by atoms with Crippen LogP contribution in [-0.2, 0) is 9.47 Å². The van der Waals surface area contributed by atoms with E-state index in [1.165, 1.54) is 32.4 Å². The van der Waals surface area contributed by atoms with Gasteiger partial charge in [0.25, 0.3) is 11.5 Å². The molecule has 1 heterocycles. The molecule has 0 fully saturated rings. The van der Waals surface area contributed by atoms with Gasteiger partial charge in [0, 0.05) is 17.4 Å². The first-order valence-electron chi connectivity index (χ1n) is 8.70. The van der Waals surface area contributed by atoms with Gasteiger partial charge in [-0.25, -0.2) is 14.6 Å². The lowest BCUT2D eigenvalue weighted by Gasteiger charge is -2.09. The second-order valence-electron chi connectivity index (χ2n) is 6.08. The second-order valence-corrected chi connectivity index (χ2v) is 6.08. The number of esters is 2. The van der Waals surface area contributed by atoms with E-state index in [1.807, 2.05) is 6.07 Å². The van der Waals surface area contributed by atoms with Crippen molar-refractivity contribution in [3.8, 4) is 11.4 Å². The molecule has 9 nitrogen and oxygen atoms in total. The van der Waals surface area contributed by atoms with E-state index < -0.39 is 23.4 Å². The molecule has 0 spiro atoms. The minimum atomic E-state index is -0.763. The fourth-order valence-corrected chi connectivity index (χ4v) is 2.67. The average molecular weight is 407 g/mol. The maximum absolute atomic E-state index is 12.6. The van der Waals surface area contributed by atoms with Crippen LogP contribution in [0.4, 0.5) is 5.69 Å². The SMILES string of the molecule is COC(=O)c1cc(NC(=O)c2cnc(-c3ccccc3)[nH]c2=O)cc(C(=O)OC)c1. The summed E-state index contributed by atoms with van der Waals surface area (Å²) in [6.07, 6.45) is 1.15. The Morgan fingerprint density at radius 2 is 1.53 bits per heavy atom. The number of aromatic amines is 1. The predicted octanol–water partition coefficient (Wildman–Crippen LogP) is 2.26. The highest BCUT2D eigenvalue weighted by Crippen LogP contribution is 2.18. The molecule has 0 saturated heterocycles. The van der Waals surface area contributed by atoms with Gasteiger partial charge in [-0.15, -0.1) is 0 Å². The summed E-state index contributed by atoms with van der Waals surface area (Å²) in [5.74, 6) is -1.86. The molecule has 2 N–H and O–H groups in total. The van der Waals surface area contributed by atoms with Gasteiger partial charge < -0.3 is 19.8 Å². The normalized spacial score (nSPS) is 10.2. The second kappa shape index (κ2) is 8.82. The van der Waals surface area contributed by atoms with Crippen molar-refractivity contribution < 1.29 is 23.9 Å². The summed E-state index contributed by atoms with van der Waals surface area (Å²) < 4.78 is 9.31. The van der Waals surface area contributed by atoms with Crippen LogP contribution >= 0.6 is 0 Å². The highest BCUT2D eigenvalue weighted by atomic mass is 16.5. The van der Waals surface area contributed by atoms with Gasteiger partial charge in [0.05, 0.1) is 25.3 Å². The number of anilines is 1. The maximum atomic E-state index is 12.6. The van der Waals surface area contributed by atoms with Gasteiger partial charge in [0.1, 0.15) is 11.4 Å². The van der Waals surface area contributed by atoms with Gasteiger partial charge >= 0.3 is 11.9 Å². The predicted molar refractivity (Wildman–Crippen MR) is 107 cm³/mol. The third-order valence-electron chi connectivity index (χ3n) is 4.12. The van der Waals surface area contributed by atoms with Gasteiger partial charge in [-0.05, 0) is 18.2 Å². The number of rotatable bonds is 5. The monoisotopic (exact) mass is 407 g/mol. The number of carbonyl (C=O) groups excluding carboxylic acids is 3. The van der Waals surface area contributed by atoms with E-state index in [1.54, 1.807) is 24.3 Å². The summed E-state index contributed by atoms with van der Waals surface area (Å²) in [6.45, 7) is 0. The highest BCUT2D eigenvalue weighted by molar-refractivity contribution is 6.05. The molecule has 0 aliphatic rings. The molecular weight excluding hydrogens is 390 g/mol. The van der Waals surface area contributed by atoms with E-state index in [2.05, 4.69) is 24.8 Å². The quantitative estimate of drug-likeness (QED) is 0.621. The Hall–Kier alpha value is -4.27. The summed E-state index contributed by atoms with van der Waals surface area (Å²) in [7, 11) is 2.37. The fraction of sp³-hybridized carbons (Fsp3) is 0.0952. The van der Waals surface area contributed by atoms with E-state index in [0.29, 0.717) is 11.4 Å². The average Bonchev–Trinajstić information content (AvgIpc) is 2.78. The lowest BCUT2D eigenvalue weighted by atomic mass is 10.1. The molecule has 0 bridgehead atoms. The molecule has 30 heavy (non-hydrogen) atoms. The van der Waals surface area contributed by atoms with Crippen LogP contribution in [0.25, 0.3) is 11.4 Å². The largest absolute Gasteiger partial charge is 0.465 e. The first-order chi connectivity index (χ1) is 14.4. The maximum Gasteiger partial charge on any atom is 0.337 e. The Bertz CT molecular complexity index is 1140. The smallest absolute Gasteiger partial charge is 0.337 e. The number of amides is 1. The molecule has 0 aliphatic heterocycles. The molecule has 1 amide bonds. The summed E-state index contributed by atoms with van der Waals surface area (Å²) in [5.41, 5.74) is -0.0225. The van der Waals surface area contributed by atoms with Crippen molar-refractivity contribution in [3.05, 3.63) is 81.8 Å². The van der Waals surface area contributed by atoms with Gasteiger partial charge in [-0.1, -0.05) is 30.3 Å². The van der Waals surface area contributed by atoms with Crippen LogP contribution < -0.4 is 10.9 Å². The zero-order valence-corrected chi connectivity index (χ0v) is 16.1. The van der Waals surface area contributed by atoms with Gasteiger partial charge in [0.15, 0.2) is 0 Å². The number of aromatic nitrogens is 2. The van der Waals surface area contributed by atoms with E-state index in [9.17, 15) is 19.2 Å². The van der Waals surface area contributed by atoms with Crippen molar-refractivity contribution in [1.29, 1.82) is 0 Å². The molecule has 0 saturated carbocycles. The van der Waals surface area contributed by atoms with Gasteiger partial charge in [0.2, 0.25) is 0 Å². The van der Waals surface area contributed by atoms with E-state index in [4.69, 9.17) is 0 Å². The number of hydrogen-bond donors (Lipinski definition) is 2. The van der Waals surface area contributed by atoms with Crippen LogP contribution in [0.5, 0.6) is 0 Å². The minimum Gasteiger partial charge on any atom is -0.465 e. The summed E-state index contributed by atoms with van der Waals surface area (Å²) in [6, 6.07) is 12.9. The molecule has 2 aromatic carbocycles. The number of benzene rings is 2. The number of H-pyrrole nitrogens is 1. The van der Waals surface area contributed by atoms with Crippen LogP contribution in [0, 0.1) is 0 Å². The van der Waals surface area contributed by atoms with Gasteiger partial charge in [-0.2, -0.15) is 0 Å². The minimum absolute atomic E-state index is 0.0298. The van der Waals surface area contributed by atoms with Crippen LogP contribution in [0.15, 0.2) is 59.5 Å². The van der Waals surface area contributed by atoms with Crippen molar-refractivity contribution in [2.45, 2.75) is 0 Å². The Kier molecular flexibility index (Phi) is 6.02. The summed E-state index contributed by atoms with van der Waals surface area (Å²) in [4.78, 5) is 55.4. The van der Waals surface area contributed by atoms with Crippen molar-refractivity contribution in [3.63, 3.8) is 0 Å². The Morgan fingerprint density at radius 3 is 2.07 bits per heavy atom. The third kappa shape index (κ3) is 4.41. The zero-order valence-electron chi connectivity index (χ0n) is 16.1.